The third kappa shape index (κ3) is 3.61. The molecule has 1 N–H and O–H groups in total. The van der Waals surface area contributed by atoms with Crippen LogP contribution in [-0.2, 0) is 6.18 Å². The van der Waals surface area contributed by atoms with Gasteiger partial charge >= 0.3 is 6.18 Å². The molecule has 0 bridgehead atoms. The Hall–Kier alpha value is -1.33. The molecule has 2 aromatic rings. The van der Waals surface area contributed by atoms with Crippen molar-refractivity contribution in [2.75, 3.05) is 0 Å². The van der Waals surface area contributed by atoms with Crippen molar-refractivity contribution < 1.29 is 13.2 Å². The Bertz CT molecular complexity index is 531. The molecule has 1 unspecified atom stereocenters. The summed E-state index contributed by atoms with van der Waals surface area (Å²) in [7, 11) is 0. The molecule has 0 amide bonds. The minimum Gasteiger partial charge on any atom is -0.303 e. The van der Waals surface area contributed by atoms with Crippen LogP contribution in [0.4, 0.5) is 13.2 Å². The average Bonchev–Trinajstić information content (AvgIpc) is 2.91. The molecular formula is C15H16F3NS. The SMILES string of the molecule is CC(N[C@H](C)c1cccs1)c1ccc(C(F)(F)F)cc1. The highest BCUT2D eigenvalue weighted by atomic mass is 32.1. The number of thiophene rings is 1. The largest absolute Gasteiger partial charge is 0.416 e. The lowest BCUT2D eigenvalue weighted by Crippen LogP contribution is -2.21. The average molecular weight is 299 g/mol. The molecule has 0 saturated carbocycles. The smallest absolute Gasteiger partial charge is 0.303 e. The van der Waals surface area contributed by atoms with Gasteiger partial charge in [-0.25, -0.2) is 0 Å². The van der Waals surface area contributed by atoms with E-state index in [1.54, 1.807) is 11.3 Å². The molecule has 0 radical (unpaired) electrons. The van der Waals surface area contributed by atoms with Gasteiger partial charge in [-0.15, -0.1) is 11.3 Å². The van der Waals surface area contributed by atoms with E-state index >= 15 is 0 Å². The zero-order chi connectivity index (χ0) is 14.8. The summed E-state index contributed by atoms with van der Waals surface area (Å²) >= 11 is 1.66. The summed E-state index contributed by atoms with van der Waals surface area (Å²) in [4.78, 5) is 1.21. The third-order valence-corrected chi connectivity index (χ3v) is 4.26. The highest BCUT2D eigenvalue weighted by Gasteiger charge is 2.30. The van der Waals surface area contributed by atoms with E-state index in [0.29, 0.717) is 0 Å². The van der Waals surface area contributed by atoms with Gasteiger partial charge in [0.2, 0.25) is 0 Å². The molecule has 0 spiro atoms. The lowest BCUT2D eigenvalue weighted by molar-refractivity contribution is -0.137. The van der Waals surface area contributed by atoms with Crippen LogP contribution >= 0.6 is 11.3 Å². The number of alkyl halides is 3. The molecule has 0 fully saturated rings. The fourth-order valence-electron chi connectivity index (χ4n) is 2.05. The number of benzene rings is 1. The Balaban J connectivity index is 2.04. The predicted octanol–water partition coefficient (Wildman–Crippen LogP) is 5.18. The molecule has 1 heterocycles. The Morgan fingerprint density at radius 2 is 1.65 bits per heavy atom. The third-order valence-electron chi connectivity index (χ3n) is 3.21. The van der Waals surface area contributed by atoms with Crippen LogP contribution in [0.3, 0.4) is 0 Å². The molecule has 2 atom stereocenters. The van der Waals surface area contributed by atoms with Gasteiger partial charge in [0, 0.05) is 17.0 Å². The first-order valence-electron chi connectivity index (χ1n) is 6.34. The Morgan fingerprint density at radius 3 is 2.15 bits per heavy atom. The maximum absolute atomic E-state index is 12.5. The van der Waals surface area contributed by atoms with E-state index < -0.39 is 11.7 Å². The second kappa shape index (κ2) is 5.97. The van der Waals surface area contributed by atoms with Crippen molar-refractivity contribution in [2.24, 2.45) is 0 Å². The van der Waals surface area contributed by atoms with Crippen molar-refractivity contribution in [2.45, 2.75) is 32.1 Å². The van der Waals surface area contributed by atoms with Crippen LogP contribution in [0.15, 0.2) is 41.8 Å². The molecular weight excluding hydrogens is 283 g/mol. The highest BCUT2D eigenvalue weighted by molar-refractivity contribution is 7.10. The van der Waals surface area contributed by atoms with Crippen LogP contribution in [-0.4, -0.2) is 0 Å². The number of rotatable bonds is 4. The fraction of sp³-hybridized carbons (Fsp3) is 0.333. The molecule has 5 heteroatoms. The van der Waals surface area contributed by atoms with Gasteiger partial charge < -0.3 is 5.32 Å². The topological polar surface area (TPSA) is 12.0 Å². The van der Waals surface area contributed by atoms with Crippen molar-refractivity contribution in [3.8, 4) is 0 Å². The van der Waals surface area contributed by atoms with E-state index in [9.17, 15) is 13.2 Å². The first kappa shape index (κ1) is 15.1. The van der Waals surface area contributed by atoms with Crippen LogP contribution < -0.4 is 5.32 Å². The molecule has 1 nitrogen and oxygen atoms in total. The van der Waals surface area contributed by atoms with Gasteiger partial charge in [0.15, 0.2) is 0 Å². The van der Waals surface area contributed by atoms with Crippen LogP contribution in [0, 0.1) is 0 Å². The number of hydrogen-bond donors (Lipinski definition) is 1. The minimum atomic E-state index is -4.28. The first-order valence-corrected chi connectivity index (χ1v) is 7.22. The van der Waals surface area contributed by atoms with Gasteiger partial charge in [0.05, 0.1) is 5.56 Å². The lowest BCUT2D eigenvalue weighted by Gasteiger charge is -2.20. The van der Waals surface area contributed by atoms with E-state index in [1.807, 2.05) is 31.4 Å². The molecule has 20 heavy (non-hydrogen) atoms. The molecule has 0 saturated heterocycles. The summed E-state index contributed by atoms with van der Waals surface area (Å²) in [5.74, 6) is 0. The van der Waals surface area contributed by atoms with Gasteiger partial charge in [0.1, 0.15) is 0 Å². The van der Waals surface area contributed by atoms with E-state index in [1.165, 1.54) is 17.0 Å². The molecule has 1 aromatic heterocycles. The van der Waals surface area contributed by atoms with Crippen molar-refractivity contribution in [3.63, 3.8) is 0 Å². The quantitative estimate of drug-likeness (QED) is 0.820. The number of hydrogen-bond acceptors (Lipinski definition) is 2. The van der Waals surface area contributed by atoms with Crippen molar-refractivity contribution in [1.29, 1.82) is 0 Å². The van der Waals surface area contributed by atoms with E-state index in [2.05, 4.69) is 5.32 Å². The van der Waals surface area contributed by atoms with Gasteiger partial charge in [-0.05, 0) is 43.0 Å². The zero-order valence-corrected chi connectivity index (χ0v) is 12.1. The van der Waals surface area contributed by atoms with Crippen LogP contribution in [0.1, 0.15) is 41.9 Å². The zero-order valence-electron chi connectivity index (χ0n) is 11.2. The van der Waals surface area contributed by atoms with E-state index in [-0.39, 0.29) is 12.1 Å². The summed E-state index contributed by atoms with van der Waals surface area (Å²) in [5.41, 5.74) is 0.237. The Morgan fingerprint density at radius 1 is 1.00 bits per heavy atom. The summed E-state index contributed by atoms with van der Waals surface area (Å²) in [6, 6.07) is 9.51. The monoisotopic (exact) mass is 299 g/mol. The standard InChI is InChI=1S/C15H16F3NS/c1-10(19-11(2)14-4-3-9-20-14)12-5-7-13(8-6-12)15(16,17)18/h3-11,19H,1-2H3/t10?,11-/m1/s1. The van der Waals surface area contributed by atoms with Crippen molar-refractivity contribution in [3.05, 3.63) is 57.8 Å². The van der Waals surface area contributed by atoms with Crippen molar-refractivity contribution in [1.82, 2.24) is 5.32 Å². The summed E-state index contributed by atoms with van der Waals surface area (Å²) in [6.07, 6.45) is -4.28. The Labute approximate surface area is 120 Å². The second-order valence-electron chi connectivity index (χ2n) is 4.75. The molecule has 1 aromatic carbocycles. The van der Waals surface area contributed by atoms with Crippen LogP contribution in [0.5, 0.6) is 0 Å². The molecule has 2 rings (SSSR count). The van der Waals surface area contributed by atoms with Gasteiger partial charge in [0.25, 0.3) is 0 Å². The molecule has 0 aliphatic carbocycles. The maximum Gasteiger partial charge on any atom is 0.416 e. The van der Waals surface area contributed by atoms with E-state index in [0.717, 1.165) is 17.7 Å². The minimum absolute atomic E-state index is 0.00520. The summed E-state index contributed by atoms with van der Waals surface area (Å²) < 4.78 is 37.5. The molecule has 108 valence electrons. The maximum atomic E-state index is 12.5. The van der Waals surface area contributed by atoms with Crippen LogP contribution in [0.25, 0.3) is 0 Å². The molecule has 0 aliphatic rings. The fourth-order valence-corrected chi connectivity index (χ4v) is 2.80. The second-order valence-corrected chi connectivity index (χ2v) is 5.72. The summed E-state index contributed by atoms with van der Waals surface area (Å²) in [5, 5.41) is 5.40. The van der Waals surface area contributed by atoms with Gasteiger partial charge in [-0.1, -0.05) is 18.2 Å². The first-order chi connectivity index (χ1) is 9.38. The number of halogens is 3. The van der Waals surface area contributed by atoms with Crippen LogP contribution in [0.2, 0.25) is 0 Å². The number of nitrogens with one attached hydrogen (secondary N) is 1. The highest BCUT2D eigenvalue weighted by Crippen LogP contribution is 2.30. The van der Waals surface area contributed by atoms with Crippen molar-refractivity contribution >= 4 is 11.3 Å². The van der Waals surface area contributed by atoms with Gasteiger partial charge in [-0.3, -0.25) is 0 Å². The summed E-state index contributed by atoms with van der Waals surface area (Å²) in [6.45, 7) is 4.00. The predicted molar refractivity (Wildman–Crippen MR) is 75.7 cm³/mol. The lowest BCUT2D eigenvalue weighted by atomic mass is 10.0. The van der Waals surface area contributed by atoms with Gasteiger partial charge in [-0.2, -0.15) is 13.2 Å². The Kier molecular flexibility index (Phi) is 4.50. The van der Waals surface area contributed by atoms with E-state index in [4.69, 9.17) is 0 Å². The molecule has 0 aliphatic heterocycles. The normalized spacial score (nSPS) is 15.1.